The Kier molecular flexibility index (Phi) is 5.82. The summed E-state index contributed by atoms with van der Waals surface area (Å²) < 4.78 is 28.4. The number of halogens is 1. The zero-order chi connectivity index (χ0) is 15.5. The molecule has 1 fully saturated rings. The Bertz CT molecular complexity index is 589. The van der Waals surface area contributed by atoms with Crippen LogP contribution in [0, 0.1) is 11.8 Å². The van der Waals surface area contributed by atoms with Crippen molar-refractivity contribution in [1.29, 1.82) is 0 Å². The molecule has 0 heterocycles. The van der Waals surface area contributed by atoms with Gasteiger partial charge < -0.3 is 5.32 Å². The highest BCUT2D eigenvalue weighted by Gasteiger charge is 2.26. The van der Waals surface area contributed by atoms with E-state index in [0.717, 1.165) is 12.0 Å². The van der Waals surface area contributed by atoms with E-state index in [1.54, 1.807) is 12.1 Å². The second-order valence-corrected chi connectivity index (χ2v) is 8.40. The molecule has 0 aliphatic heterocycles. The second kappa shape index (κ2) is 7.22. The standard InChI is InChI=1S/C15H23BrN2O2S/c1-11-4-3-5-13(11)10-18-21(19,20)15-8-12(9-17-2)6-7-14(15)16/h6-8,11,13,17-18H,3-5,9-10H2,1-2H3. The Labute approximate surface area is 135 Å². The molecule has 1 aliphatic carbocycles. The van der Waals surface area contributed by atoms with Crippen LogP contribution in [0.1, 0.15) is 31.7 Å². The lowest BCUT2D eigenvalue weighted by Gasteiger charge is -2.17. The summed E-state index contributed by atoms with van der Waals surface area (Å²) in [6, 6.07) is 5.43. The van der Waals surface area contributed by atoms with Crippen LogP contribution < -0.4 is 10.0 Å². The van der Waals surface area contributed by atoms with E-state index in [0.29, 0.717) is 34.3 Å². The summed E-state index contributed by atoms with van der Waals surface area (Å²) >= 11 is 3.34. The molecule has 118 valence electrons. The van der Waals surface area contributed by atoms with Crippen LogP contribution in [0.4, 0.5) is 0 Å². The van der Waals surface area contributed by atoms with E-state index in [-0.39, 0.29) is 0 Å². The molecule has 2 unspecified atom stereocenters. The molecule has 0 aromatic heterocycles. The summed E-state index contributed by atoms with van der Waals surface area (Å²) in [5.41, 5.74) is 0.954. The van der Waals surface area contributed by atoms with Gasteiger partial charge in [-0.05, 0) is 58.9 Å². The minimum absolute atomic E-state index is 0.320. The van der Waals surface area contributed by atoms with Gasteiger partial charge in [0.25, 0.3) is 0 Å². The van der Waals surface area contributed by atoms with Gasteiger partial charge >= 0.3 is 0 Å². The van der Waals surface area contributed by atoms with E-state index in [9.17, 15) is 8.42 Å². The van der Waals surface area contributed by atoms with Crippen molar-refractivity contribution in [2.45, 2.75) is 37.6 Å². The predicted octanol–water partition coefficient (Wildman–Crippen LogP) is 2.88. The zero-order valence-corrected chi connectivity index (χ0v) is 14.9. The molecule has 1 aromatic carbocycles. The maximum absolute atomic E-state index is 12.5. The molecule has 1 aromatic rings. The lowest BCUT2D eigenvalue weighted by Crippen LogP contribution is -2.30. The molecular weight excluding hydrogens is 352 g/mol. The SMILES string of the molecule is CNCc1ccc(Br)c(S(=O)(=O)NCC2CCCC2C)c1. The van der Waals surface area contributed by atoms with Gasteiger partial charge in [0, 0.05) is 17.6 Å². The third kappa shape index (κ3) is 4.28. The maximum Gasteiger partial charge on any atom is 0.241 e. The Morgan fingerprint density at radius 1 is 1.33 bits per heavy atom. The van der Waals surface area contributed by atoms with Crippen LogP contribution in [0.25, 0.3) is 0 Å². The highest BCUT2D eigenvalue weighted by Crippen LogP contribution is 2.31. The summed E-state index contributed by atoms with van der Waals surface area (Å²) in [6.07, 6.45) is 3.52. The Hall–Kier alpha value is -0.430. The number of sulfonamides is 1. The number of hydrogen-bond donors (Lipinski definition) is 2. The number of rotatable bonds is 6. The van der Waals surface area contributed by atoms with Crippen LogP contribution in [0.15, 0.2) is 27.6 Å². The van der Waals surface area contributed by atoms with Gasteiger partial charge in [0.05, 0.1) is 4.90 Å². The topological polar surface area (TPSA) is 58.2 Å². The minimum Gasteiger partial charge on any atom is -0.316 e. The van der Waals surface area contributed by atoms with Crippen LogP contribution in [0.2, 0.25) is 0 Å². The van der Waals surface area contributed by atoms with Gasteiger partial charge in [0.1, 0.15) is 0 Å². The Morgan fingerprint density at radius 2 is 2.10 bits per heavy atom. The molecule has 1 saturated carbocycles. The van der Waals surface area contributed by atoms with E-state index in [1.165, 1.54) is 12.8 Å². The van der Waals surface area contributed by atoms with Crippen LogP contribution in [0.5, 0.6) is 0 Å². The van der Waals surface area contributed by atoms with Crippen molar-refractivity contribution in [2.75, 3.05) is 13.6 Å². The molecular formula is C15H23BrN2O2S. The second-order valence-electron chi connectivity index (χ2n) is 5.82. The summed E-state index contributed by atoms with van der Waals surface area (Å²) in [4.78, 5) is 0.320. The molecule has 0 saturated heterocycles. The minimum atomic E-state index is -3.47. The van der Waals surface area contributed by atoms with Gasteiger partial charge in [-0.2, -0.15) is 0 Å². The number of benzene rings is 1. The van der Waals surface area contributed by atoms with Crippen molar-refractivity contribution in [3.63, 3.8) is 0 Å². The first-order chi connectivity index (χ1) is 9.94. The average Bonchev–Trinajstić information content (AvgIpc) is 2.84. The first kappa shape index (κ1) is 16.9. The molecule has 0 spiro atoms. The van der Waals surface area contributed by atoms with Gasteiger partial charge in [-0.15, -0.1) is 0 Å². The lowest BCUT2D eigenvalue weighted by atomic mass is 9.99. The van der Waals surface area contributed by atoms with E-state index < -0.39 is 10.0 Å². The normalized spacial score (nSPS) is 22.6. The molecule has 2 rings (SSSR count). The summed E-state index contributed by atoms with van der Waals surface area (Å²) in [6.45, 7) is 3.39. The van der Waals surface area contributed by atoms with Gasteiger partial charge in [-0.1, -0.05) is 25.8 Å². The number of hydrogen-bond acceptors (Lipinski definition) is 3. The highest BCUT2D eigenvalue weighted by atomic mass is 79.9. The molecule has 21 heavy (non-hydrogen) atoms. The van der Waals surface area contributed by atoms with E-state index in [1.807, 2.05) is 13.1 Å². The quantitative estimate of drug-likeness (QED) is 0.804. The first-order valence-electron chi connectivity index (χ1n) is 7.36. The van der Waals surface area contributed by atoms with Crippen molar-refractivity contribution >= 4 is 26.0 Å². The third-order valence-corrected chi connectivity index (χ3v) is 6.66. The Balaban J connectivity index is 2.13. The fraction of sp³-hybridized carbons (Fsp3) is 0.600. The maximum atomic E-state index is 12.5. The summed E-state index contributed by atoms with van der Waals surface area (Å²) in [5.74, 6) is 1.06. The average molecular weight is 375 g/mol. The first-order valence-corrected chi connectivity index (χ1v) is 9.64. The van der Waals surface area contributed by atoms with Gasteiger partial charge in [-0.25, -0.2) is 13.1 Å². The fourth-order valence-corrected chi connectivity index (χ4v) is 4.99. The van der Waals surface area contributed by atoms with Gasteiger partial charge in [-0.3, -0.25) is 0 Å². The number of nitrogens with one attached hydrogen (secondary N) is 2. The molecule has 2 atom stereocenters. The van der Waals surface area contributed by atoms with Crippen molar-refractivity contribution in [1.82, 2.24) is 10.0 Å². The molecule has 4 nitrogen and oxygen atoms in total. The lowest BCUT2D eigenvalue weighted by molar-refractivity contribution is 0.414. The largest absolute Gasteiger partial charge is 0.316 e. The Morgan fingerprint density at radius 3 is 2.71 bits per heavy atom. The van der Waals surface area contributed by atoms with Gasteiger partial charge in [0.2, 0.25) is 10.0 Å². The zero-order valence-electron chi connectivity index (χ0n) is 12.5. The van der Waals surface area contributed by atoms with Crippen LogP contribution in [-0.4, -0.2) is 22.0 Å². The summed E-state index contributed by atoms with van der Waals surface area (Å²) in [7, 11) is -1.62. The van der Waals surface area contributed by atoms with Crippen molar-refractivity contribution < 1.29 is 8.42 Å². The monoisotopic (exact) mass is 374 g/mol. The van der Waals surface area contributed by atoms with Crippen LogP contribution >= 0.6 is 15.9 Å². The van der Waals surface area contributed by atoms with Crippen LogP contribution in [-0.2, 0) is 16.6 Å². The molecule has 1 aliphatic rings. The molecule has 6 heteroatoms. The molecule has 0 bridgehead atoms. The molecule has 0 amide bonds. The van der Waals surface area contributed by atoms with E-state index >= 15 is 0 Å². The van der Waals surface area contributed by atoms with E-state index in [4.69, 9.17) is 0 Å². The predicted molar refractivity (Wildman–Crippen MR) is 88.6 cm³/mol. The van der Waals surface area contributed by atoms with Crippen molar-refractivity contribution in [3.05, 3.63) is 28.2 Å². The smallest absolute Gasteiger partial charge is 0.241 e. The van der Waals surface area contributed by atoms with Crippen molar-refractivity contribution in [3.8, 4) is 0 Å². The highest BCUT2D eigenvalue weighted by molar-refractivity contribution is 9.10. The molecule has 2 N–H and O–H groups in total. The molecule has 0 radical (unpaired) electrons. The van der Waals surface area contributed by atoms with E-state index in [2.05, 4.69) is 32.9 Å². The summed E-state index contributed by atoms with van der Waals surface area (Å²) in [5, 5.41) is 3.03. The van der Waals surface area contributed by atoms with Crippen molar-refractivity contribution in [2.24, 2.45) is 11.8 Å². The fourth-order valence-electron chi connectivity index (χ4n) is 2.89. The van der Waals surface area contributed by atoms with Gasteiger partial charge in [0.15, 0.2) is 0 Å². The van der Waals surface area contributed by atoms with Crippen LogP contribution in [0.3, 0.4) is 0 Å². The third-order valence-electron chi connectivity index (χ3n) is 4.24.